The maximum atomic E-state index is 12.2. The normalized spacial score (nSPS) is 11.7. The summed E-state index contributed by atoms with van der Waals surface area (Å²) in [5.74, 6) is 0.151. The van der Waals surface area contributed by atoms with Crippen LogP contribution in [0.5, 0.6) is 5.75 Å². The van der Waals surface area contributed by atoms with Crippen LogP contribution in [-0.4, -0.2) is 23.7 Å². The van der Waals surface area contributed by atoms with Crippen LogP contribution in [0.25, 0.3) is 21.0 Å². The van der Waals surface area contributed by atoms with Gasteiger partial charge in [0.2, 0.25) is 0 Å². The van der Waals surface area contributed by atoms with Crippen molar-refractivity contribution in [1.29, 1.82) is 5.26 Å². The van der Waals surface area contributed by atoms with Crippen LogP contribution in [-0.2, 0) is 9.53 Å². The van der Waals surface area contributed by atoms with Gasteiger partial charge in [0.15, 0.2) is 0 Å². The largest absolute Gasteiger partial charge is 0.490 e. The van der Waals surface area contributed by atoms with Crippen molar-refractivity contribution < 1.29 is 14.3 Å². The van der Waals surface area contributed by atoms with Gasteiger partial charge in [-0.1, -0.05) is 31.2 Å². The van der Waals surface area contributed by atoms with E-state index in [1.165, 1.54) is 0 Å². The lowest BCUT2D eigenvalue weighted by Gasteiger charge is -2.14. The third-order valence-electron chi connectivity index (χ3n) is 4.79. The Hall–Kier alpha value is -3.17. The lowest BCUT2D eigenvalue weighted by atomic mass is 9.96. The van der Waals surface area contributed by atoms with Gasteiger partial charge in [-0.25, -0.2) is 4.98 Å². The predicted octanol–water partition coefficient (Wildman–Crippen LogP) is 6.19. The number of esters is 1. The Labute approximate surface area is 187 Å². The summed E-state index contributed by atoms with van der Waals surface area (Å²) in [4.78, 5) is 17.7. The van der Waals surface area contributed by atoms with Crippen LogP contribution < -0.4 is 4.74 Å². The lowest BCUT2D eigenvalue weighted by molar-refractivity contribution is -0.145. The van der Waals surface area contributed by atoms with Gasteiger partial charge in [0, 0.05) is 11.8 Å². The number of hydrogen-bond acceptors (Lipinski definition) is 6. The summed E-state index contributed by atoms with van der Waals surface area (Å²) in [6.45, 7) is 8.05. The zero-order chi connectivity index (χ0) is 22.4. The maximum Gasteiger partial charge on any atom is 0.313 e. The zero-order valence-electron chi connectivity index (χ0n) is 18.2. The molecular weight excluding hydrogens is 408 g/mol. The first-order chi connectivity index (χ1) is 15.0. The third kappa shape index (κ3) is 5.31. The summed E-state index contributed by atoms with van der Waals surface area (Å²) in [7, 11) is 0. The Balaban J connectivity index is 1.82. The molecule has 1 heterocycles. The molecule has 31 heavy (non-hydrogen) atoms. The second-order valence-corrected chi connectivity index (χ2v) is 8.38. The SMILES string of the molecule is CCOC(=O)C(CC)c1ccc(-c2ncc(-c3ccc(OC(C)C)c(C#N)c3)s2)cc1. The Morgan fingerprint density at radius 3 is 2.45 bits per heavy atom. The van der Waals surface area contributed by atoms with Crippen LogP contribution in [0.1, 0.15) is 51.2 Å². The van der Waals surface area contributed by atoms with Crippen LogP contribution in [0.4, 0.5) is 0 Å². The van der Waals surface area contributed by atoms with Crippen molar-refractivity contribution in [2.24, 2.45) is 0 Å². The van der Waals surface area contributed by atoms with Gasteiger partial charge in [0.25, 0.3) is 0 Å². The zero-order valence-corrected chi connectivity index (χ0v) is 19.0. The molecule has 2 aromatic carbocycles. The molecule has 0 fully saturated rings. The van der Waals surface area contributed by atoms with E-state index in [0.29, 0.717) is 24.3 Å². The molecule has 0 radical (unpaired) electrons. The summed E-state index contributed by atoms with van der Waals surface area (Å²) < 4.78 is 10.9. The van der Waals surface area contributed by atoms with E-state index in [1.54, 1.807) is 11.3 Å². The summed E-state index contributed by atoms with van der Waals surface area (Å²) in [5, 5.41) is 10.4. The average Bonchev–Trinajstić information content (AvgIpc) is 3.25. The molecule has 1 unspecified atom stereocenters. The highest BCUT2D eigenvalue weighted by molar-refractivity contribution is 7.18. The van der Waals surface area contributed by atoms with Crippen molar-refractivity contribution >= 4 is 17.3 Å². The van der Waals surface area contributed by atoms with E-state index < -0.39 is 0 Å². The van der Waals surface area contributed by atoms with Gasteiger partial charge in [-0.15, -0.1) is 11.3 Å². The number of thiazole rings is 1. The molecule has 0 amide bonds. The summed E-state index contributed by atoms with van der Waals surface area (Å²) in [6.07, 6.45) is 2.52. The molecule has 0 aliphatic rings. The lowest BCUT2D eigenvalue weighted by Crippen LogP contribution is -2.15. The predicted molar refractivity (Wildman–Crippen MR) is 123 cm³/mol. The van der Waals surface area contributed by atoms with Crippen LogP contribution in [0, 0.1) is 11.3 Å². The fourth-order valence-electron chi connectivity index (χ4n) is 3.31. The highest BCUT2D eigenvalue weighted by Crippen LogP contribution is 2.35. The number of carbonyl (C=O) groups excluding carboxylic acids is 1. The van der Waals surface area contributed by atoms with E-state index in [2.05, 4.69) is 11.1 Å². The van der Waals surface area contributed by atoms with Crippen LogP contribution in [0.2, 0.25) is 0 Å². The third-order valence-corrected chi connectivity index (χ3v) is 5.89. The molecule has 1 aromatic heterocycles. The molecule has 3 rings (SSSR count). The molecule has 1 atom stereocenters. The Morgan fingerprint density at radius 1 is 1.13 bits per heavy atom. The standard InChI is InChI=1S/C25H26N2O3S/c1-5-21(25(28)29-6-2)17-7-9-18(10-8-17)24-27-15-23(31-24)19-11-12-22(30-16(3)4)20(13-19)14-26/h7-13,15-16,21H,5-6H2,1-4H3. The van der Waals surface area contributed by atoms with Gasteiger partial charge in [-0.2, -0.15) is 5.26 Å². The topological polar surface area (TPSA) is 72.2 Å². The molecule has 0 aliphatic carbocycles. The molecule has 160 valence electrons. The number of ether oxygens (including phenoxy) is 2. The first-order valence-electron chi connectivity index (χ1n) is 10.4. The molecule has 0 aliphatic heterocycles. The first kappa shape index (κ1) is 22.5. The molecule has 6 heteroatoms. The minimum atomic E-state index is -0.253. The Morgan fingerprint density at radius 2 is 1.84 bits per heavy atom. The van der Waals surface area contributed by atoms with Gasteiger partial charge >= 0.3 is 5.97 Å². The van der Waals surface area contributed by atoms with E-state index in [-0.39, 0.29) is 18.0 Å². The van der Waals surface area contributed by atoms with Crippen molar-refractivity contribution in [1.82, 2.24) is 4.98 Å². The molecule has 0 spiro atoms. The van der Waals surface area contributed by atoms with E-state index in [9.17, 15) is 10.1 Å². The van der Waals surface area contributed by atoms with E-state index in [1.807, 2.05) is 76.4 Å². The Bertz CT molecular complexity index is 1080. The molecule has 0 saturated heterocycles. The highest BCUT2D eigenvalue weighted by atomic mass is 32.1. The van der Waals surface area contributed by atoms with Crippen LogP contribution >= 0.6 is 11.3 Å². The smallest absolute Gasteiger partial charge is 0.313 e. The second-order valence-electron chi connectivity index (χ2n) is 7.35. The van der Waals surface area contributed by atoms with Crippen LogP contribution in [0.15, 0.2) is 48.7 Å². The number of benzene rings is 2. The fraction of sp³-hybridized carbons (Fsp3) is 0.320. The average molecular weight is 435 g/mol. The number of nitriles is 1. The number of carbonyl (C=O) groups is 1. The molecule has 3 aromatic rings. The van der Waals surface area contributed by atoms with E-state index in [4.69, 9.17) is 9.47 Å². The monoisotopic (exact) mass is 434 g/mol. The number of rotatable bonds is 8. The number of hydrogen-bond donors (Lipinski definition) is 0. The van der Waals surface area contributed by atoms with E-state index in [0.717, 1.165) is 26.6 Å². The van der Waals surface area contributed by atoms with Crippen molar-refractivity contribution in [3.63, 3.8) is 0 Å². The van der Waals surface area contributed by atoms with Crippen LogP contribution in [0.3, 0.4) is 0 Å². The quantitative estimate of drug-likeness (QED) is 0.395. The summed E-state index contributed by atoms with van der Waals surface area (Å²) in [6, 6.07) is 15.7. The number of nitrogens with zero attached hydrogens (tertiary/aromatic N) is 2. The van der Waals surface area contributed by atoms with Crippen molar-refractivity contribution in [2.75, 3.05) is 6.61 Å². The fourth-order valence-corrected chi connectivity index (χ4v) is 4.23. The van der Waals surface area contributed by atoms with Crippen molar-refractivity contribution in [3.8, 4) is 32.8 Å². The van der Waals surface area contributed by atoms with Gasteiger partial charge in [0.1, 0.15) is 16.8 Å². The van der Waals surface area contributed by atoms with Crippen molar-refractivity contribution in [2.45, 2.75) is 46.1 Å². The maximum absolute atomic E-state index is 12.2. The molecule has 0 saturated carbocycles. The number of aromatic nitrogens is 1. The summed E-state index contributed by atoms with van der Waals surface area (Å²) in [5.41, 5.74) is 3.37. The Kier molecular flexibility index (Phi) is 7.43. The first-order valence-corrected chi connectivity index (χ1v) is 11.2. The minimum absolute atomic E-state index is 0.00654. The molecule has 0 bridgehead atoms. The van der Waals surface area contributed by atoms with E-state index >= 15 is 0 Å². The summed E-state index contributed by atoms with van der Waals surface area (Å²) >= 11 is 1.56. The highest BCUT2D eigenvalue weighted by Gasteiger charge is 2.20. The molecule has 0 N–H and O–H groups in total. The molecule has 5 nitrogen and oxygen atoms in total. The van der Waals surface area contributed by atoms with Crippen molar-refractivity contribution in [3.05, 3.63) is 59.8 Å². The second kappa shape index (κ2) is 10.2. The minimum Gasteiger partial charge on any atom is -0.490 e. The van der Waals surface area contributed by atoms with Gasteiger partial charge in [-0.05, 0) is 56.5 Å². The molecular formula is C25H26N2O3S. The van der Waals surface area contributed by atoms with Gasteiger partial charge < -0.3 is 9.47 Å². The van der Waals surface area contributed by atoms with Gasteiger partial charge in [-0.3, -0.25) is 4.79 Å². The van der Waals surface area contributed by atoms with Gasteiger partial charge in [0.05, 0.1) is 29.1 Å².